The van der Waals surface area contributed by atoms with Crippen LogP contribution < -0.4 is 20.9 Å². The first-order valence-corrected chi connectivity index (χ1v) is 23.3. The molecule has 0 aromatic heterocycles. The summed E-state index contributed by atoms with van der Waals surface area (Å²) >= 11 is 0. The van der Waals surface area contributed by atoms with Gasteiger partial charge in [-0.05, 0) is 134 Å². The molecule has 4 aliphatic carbocycles. The first kappa shape index (κ1) is 48.9. The highest BCUT2D eigenvalue weighted by Gasteiger charge is 2.56. The molecule has 0 aliphatic heterocycles. The number of carbonyl (C=O) groups is 4. The number of aryl methyl sites for hydroxylation is 1. The summed E-state index contributed by atoms with van der Waals surface area (Å²) in [5, 5.41) is 16.0. The van der Waals surface area contributed by atoms with Gasteiger partial charge in [0.25, 0.3) is 0 Å². The molecular weight excluding hydrogens is 809 g/mol. The third kappa shape index (κ3) is 13.2. The number of phosphoric ester groups is 1. The van der Waals surface area contributed by atoms with Crippen LogP contribution in [0.25, 0.3) is 0 Å². The molecule has 0 saturated heterocycles. The number of amides is 3. The highest BCUT2D eigenvalue weighted by Crippen LogP contribution is 2.62. The topological polar surface area (TPSA) is 220 Å². The number of fused-ring (bicyclic) bond motifs is 5. The molecule has 5 N–H and O–H groups in total. The molecular formula is C44H70N3O13P. The smallest absolute Gasteiger partial charge is 0.460 e. The third-order valence-electron chi connectivity index (χ3n) is 12.5. The van der Waals surface area contributed by atoms with Crippen molar-refractivity contribution in [2.75, 3.05) is 40.1 Å². The summed E-state index contributed by atoms with van der Waals surface area (Å²) in [4.78, 5) is 49.4. The number of primary amides is 1. The van der Waals surface area contributed by atoms with Gasteiger partial charge in [-0.2, -0.15) is 0 Å². The number of hydrogen-bond donors (Lipinski definition) is 4. The largest absolute Gasteiger partial charge is 0.531 e. The van der Waals surface area contributed by atoms with Crippen LogP contribution in [0.2, 0.25) is 0 Å². The second kappa shape index (κ2) is 20.6. The Labute approximate surface area is 361 Å². The van der Waals surface area contributed by atoms with Crippen molar-refractivity contribution in [3.8, 4) is 5.75 Å². The van der Waals surface area contributed by atoms with Crippen molar-refractivity contribution in [3.05, 3.63) is 29.3 Å². The molecule has 9 unspecified atom stereocenters. The molecule has 3 saturated carbocycles. The maximum atomic E-state index is 13.8. The van der Waals surface area contributed by atoms with Crippen molar-refractivity contribution in [1.82, 2.24) is 10.6 Å². The van der Waals surface area contributed by atoms with Crippen LogP contribution >= 0.6 is 7.82 Å². The molecule has 16 nitrogen and oxygen atoms in total. The fourth-order valence-electron chi connectivity index (χ4n) is 9.98. The standard InChI is InChI=1S/C44H70N3O13P/c1-42(2,3)59-61(53,60-43(4,5)6)58-28-10-12-29-27(25-28)9-11-31-30(29)19-20-44(7)32(31)13-16-35(44)57-38(50)26-56-24-23-55-22-21-46-36(48)17-18-37(49)47-33-14-15-34(54-8)39(40(33)51)41(45)52/h10,12,25,30-35,39-40,51H,9,11,13-24,26H2,1-8H3,(H2,45,52)(H,46,48)(H,47,49). The van der Waals surface area contributed by atoms with E-state index in [0.29, 0.717) is 36.3 Å². The Hall–Kier alpha value is -3.11. The number of nitrogens with two attached hydrogens (primary N) is 1. The zero-order valence-corrected chi connectivity index (χ0v) is 38.2. The Morgan fingerprint density at radius 3 is 2.26 bits per heavy atom. The van der Waals surface area contributed by atoms with E-state index < -0.39 is 55.0 Å². The lowest BCUT2D eigenvalue weighted by atomic mass is 9.55. The molecule has 9 atom stereocenters. The van der Waals surface area contributed by atoms with Crippen molar-refractivity contribution >= 4 is 31.5 Å². The van der Waals surface area contributed by atoms with Crippen molar-refractivity contribution in [3.63, 3.8) is 0 Å². The van der Waals surface area contributed by atoms with Crippen LogP contribution in [-0.4, -0.2) is 104 Å². The lowest BCUT2D eigenvalue weighted by Crippen LogP contribution is -2.57. The van der Waals surface area contributed by atoms with Gasteiger partial charge in [0, 0.05) is 31.9 Å². The van der Waals surface area contributed by atoms with E-state index >= 15 is 0 Å². The molecule has 344 valence electrons. The quantitative estimate of drug-likeness (QED) is 0.0793. The SMILES string of the molecule is COC1CCC(NC(=O)CCC(=O)NCCOCCOCC(=O)OC2CCC3C4CCc5cc(OP(=O)(OC(C)(C)C)OC(C)(C)C)ccc5C4CCC23C)C(O)C1C(N)=O. The number of esters is 1. The van der Waals surface area contributed by atoms with Crippen LogP contribution in [0.15, 0.2) is 18.2 Å². The summed E-state index contributed by atoms with van der Waals surface area (Å²) in [7, 11) is -2.47. The van der Waals surface area contributed by atoms with Crippen LogP contribution in [-0.2, 0) is 58.2 Å². The van der Waals surface area contributed by atoms with Crippen LogP contribution in [0, 0.1) is 23.2 Å². The number of carbonyl (C=O) groups excluding carboxylic acids is 4. The first-order chi connectivity index (χ1) is 28.6. The monoisotopic (exact) mass is 879 g/mol. The van der Waals surface area contributed by atoms with Crippen molar-refractivity contribution in [2.24, 2.45) is 28.9 Å². The Bertz CT molecular complexity index is 1730. The molecule has 17 heteroatoms. The number of aliphatic hydroxyl groups is 1. The van der Waals surface area contributed by atoms with E-state index in [4.69, 9.17) is 38.3 Å². The Kier molecular flexibility index (Phi) is 16.5. The lowest BCUT2D eigenvalue weighted by Gasteiger charge is -2.50. The summed E-state index contributed by atoms with van der Waals surface area (Å²) < 4.78 is 53.9. The lowest BCUT2D eigenvalue weighted by molar-refractivity contribution is -0.163. The number of methoxy groups -OCH3 is 1. The van der Waals surface area contributed by atoms with Crippen molar-refractivity contribution < 1.29 is 61.4 Å². The molecule has 5 rings (SSSR count). The maximum absolute atomic E-state index is 13.8. The average Bonchev–Trinajstić information content (AvgIpc) is 3.48. The minimum atomic E-state index is -3.92. The molecule has 61 heavy (non-hydrogen) atoms. The van der Waals surface area contributed by atoms with Gasteiger partial charge >= 0.3 is 13.8 Å². The number of rotatable bonds is 19. The van der Waals surface area contributed by atoms with E-state index in [9.17, 15) is 28.8 Å². The zero-order valence-electron chi connectivity index (χ0n) is 37.3. The molecule has 3 fully saturated rings. The number of ether oxygens (including phenoxy) is 4. The Balaban J connectivity index is 0.972. The number of nitrogens with one attached hydrogen (secondary N) is 2. The predicted octanol–water partition coefficient (Wildman–Crippen LogP) is 5.26. The molecule has 3 amide bonds. The minimum absolute atomic E-state index is 0.0541. The van der Waals surface area contributed by atoms with Gasteiger partial charge < -0.3 is 44.9 Å². The van der Waals surface area contributed by atoms with Gasteiger partial charge in [-0.25, -0.2) is 9.36 Å². The van der Waals surface area contributed by atoms with E-state index in [1.165, 1.54) is 18.2 Å². The van der Waals surface area contributed by atoms with Crippen molar-refractivity contribution in [2.45, 2.75) is 154 Å². The second-order valence-corrected chi connectivity index (χ2v) is 20.7. The maximum Gasteiger partial charge on any atom is 0.531 e. The van der Waals surface area contributed by atoms with Gasteiger partial charge in [-0.15, -0.1) is 0 Å². The molecule has 0 heterocycles. The number of aliphatic hydroxyl groups excluding tert-OH is 1. The molecule has 0 spiro atoms. The van der Waals surface area contributed by atoms with E-state index in [-0.39, 0.29) is 69.2 Å². The van der Waals surface area contributed by atoms with Gasteiger partial charge in [0.05, 0.1) is 55.2 Å². The fraction of sp³-hybridized carbons (Fsp3) is 0.773. The highest BCUT2D eigenvalue weighted by molar-refractivity contribution is 7.49. The molecule has 1 aromatic rings. The predicted molar refractivity (Wildman–Crippen MR) is 225 cm³/mol. The molecule has 1 aromatic carbocycles. The number of hydrogen-bond acceptors (Lipinski definition) is 13. The summed E-state index contributed by atoms with van der Waals surface area (Å²) in [5.41, 5.74) is 6.37. The third-order valence-corrected chi connectivity index (χ3v) is 14.5. The number of phosphoric acid groups is 1. The Morgan fingerprint density at radius 1 is 0.902 bits per heavy atom. The van der Waals surface area contributed by atoms with Gasteiger partial charge in [0.2, 0.25) is 17.7 Å². The highest BCUT2D eigenvalue weighted by atomic mass is 31.2. The summed E-state index contributed by atoms with van der Waals surface area (Å²) in [6.45, 7) is 13.9. The van der Waals surface area contributed by atoms with Gasteiger partial charge in [-0.1, -0.05) is 13.0 Å². The zero-order chi connectivity index (χ0) is 44.8. The molecule has 4 aliphatic rings. The fourth-order valence-corrected chi connectivity index (χ4v) is 11.8. The van der Waals surface area contributed by atoms with Crippen LogP contribution in [0.4, 0.5) is 0 Å². The average molecular weight is 880 g/mol. The number of benzene rings is 1. The first-order valence-electron chi connectivity index (χ1n) is 21.9. The van der Waals surface area contributed by atoms with Crippen LogP contribution in [0.5, 0.6) is 5.75 Å². The van der Waals surface area contributed by atoms with Gasteiger partial charge in [0.1, 0.15) is 18.5 Å². The van der Waals surface area contributed by atoms with E-state index in [1.807, 2.05) is 53.7 Å². The van der Waals surface area contributed by atoms with Gasteiger partial charge in [0.15, 0.2) is 0 Å². The van der Waals surface area contributed by atoms with Gasteiger partial charge in [-0.3, -0.25) is 23.4 Å². The van der Waals surface area contributed by atoms with E-state index in [0.717, 1.165) is 38.5 Å². The summed E-state index contributed by atoms with van der Waals surface area (Å²) in [6.07, 6.45) is 4.52. The second-order valence-electron chi connectivity index (χ2n) is 19.3. The normalized spacial score (nSPS) is 28.8. The van der Waals surface area contributed by atoms with Crippen molar-refractivity contribution in [1.29, 1.82) is 0 Å². The van der Waals surface area contributed by atoms with E-state index in [2.05, 4.69) is 23.6 Å². The molecule has 0 radical (unpaired) electrons. The minimum Gasteiger partial charge on any atom is -0.460 e. The van der Waals surface area contributed by atoms with Crippen LogP contribution in [0.1, 0.15) is 123 Å². The van der Waals surface area contributed by atoms with Crippen LogP contribution in [0.3, 0.4) is 0 Å². The Morgan fingerprint density at radius 2 is 1.59 bits per heavy atom. The molecule has 0 bridgehead atoms. The summed E-state index contributed by atoms with van der Waals surface area (Å²) in [6, 6.07) is 5.33. The summed E-state index contributed by atoms with van der Waals surface area (Å²) in [5.74, 6) is -0.982. The van der Waals surface area contributed by atoms with E-state index in [1.54, 1.807) is 0 Å².